The number of hydrogen-bond donors (Lipinski definition) is 1. The normalized spacial score (nSPS) is 10.8. The van der Waals surface area contributed by atoms with Gasteiger partial charge in [-0.15, -0.1) is 0 Å². The minimum atomic E-state index is 0.275. The van der Waals surface area contributed by atoms with Gasteiger partial charge in [-0.3, -0.25) is 0 Å². The van der Waals surface area contributed by atoms with Gasteiger partial charge < -0.3 is 5.11 Å². The van der Waals surface area contributed by atoms with E-state index < -0.39 is 0 Å². The zero-order valence-electron chi connectivity index (χ0n) is 9.11. The van der Waals surface area contributed by atoms with Gasteiger partial charge in [0.25, 0.3) is 0 Å². The molecule has 0 saturated heterocycles. The molecule has 0 aliphatic carbocycles. The molecule has 84 valence electrons. The Kier molecular flexibility index (Phi) is 2.26. The van der Waals surface area contributed by atoms with Crippen molar-refractivity contribution in [3.63, 3.8) is 0 Å². The molecule has 2 heterocycles. The SMILES string of the molecule is Oc1ccc(Cc2nc3ccccn3n2)cc1. The second kappa shape index (κ2) is 3.90. The number of rotatable bonds is 2. The zero-order valence-corrected chi connectivity index (χ0v) is 9.11. The summed E-state index contributed by atoms with van der Waals surface area (Å²) < 4.78 is 1.76. The van der Waals surface area contributed by atoms with E-state index in [1.54, 1.807) is 16.6 Å². The number of aromatic hydroxyl groups is 1. The molecule has 0 radical (unpaired) electrons. The topological polar surface area (TPSA) is 50.4 Å². The Balaban J connectivity index is 1.92. The van der Waals surface area contributed by atoms with Crippen LogP contribution >= 0.6 is 0 Å². The van der Waals surface area contributed by atoms with Crippen LogP contribution in [0.5, 0.6) is 5.75 Å². The number of fused-ring (bicyclic) bond motifs is 1. The maximum Gasteiger partial charge on any atom is 0.156 e. The molecule has 17 heavy (non-hydrogen) atoms. The van der Waals surface area contributed by atoms with E-state index in [1.165, 1.54) is 0 Å². The van der Waals surface area contributed by atoms with Crippen LogP contribution in [0.2, 0.25) is 0 Å². The van der Waals surface area contributed by atoms with Gasteiger partial charge in [-0.2, -0.15) is 5.10 Å². The first-order valence-electron chi connectivity index (χ1n) is 5.39. The van der Waals surface area contributed by atoms with Gasteiger partial charge in [0.05, 0.1) is 0 Å². The number of benzene rings is 1. The van der Waals surface area contributed by atoms with Crippen molar-refractivity contribution in [1.82, 2.24) is 14.6 Å². The van der Waals surface area contributed by atoms with Gasteiger partial charge in [-0.05, 0) is 29.8 Å². The molecule has 0 unspecified atom stereocenters. The number of phenolic OH excluding ortho intramolecular Hbond substituents is 1. The van der Waals surface area contributed by atoms with Crippen LogP contribution in [0, 0.1) is 0 Å². The molecule has 0 aliphatic rings. The molecule has 0 fully saturated rings. The van der Waals surface area contributed by atoms with Crippen LogP contribution in [0.15, 0.2) is 48.7 Å². The number of aromatic nitrogens is 3. The van der Waals surface area contributed by atoms with E-state index in [-0.39, 0.29) is 5.75 Å². The molecule has 0 amide bonds. The average molecular weight is 225 g/mol. The van der Waals surface area contributed by atoms with Crippen molar-refractivity contribution in [3.05, 3.63) is 60.0 Å². The fourth-order valence-electron chi connectivity index (χ4n) is 1.75. The lowest BCUT2D eigenvalue weighted by Crippen LogP contribution is -1.91. The van der Waals surface area contributed by atoms with Crippen molar-refractivity contribution < 1.29 is 5.11 Å². The number of pyridine rings is 1. The van der Waals surface area contributed by atoms with Crippen LogP contribution in [-0.2, 0) is 6.42 Å². The Labute approximate surface area is 98.2 Å². The Hall–Kier alpha value is -2.36. The van der Waals surface area contributed by atoms with Gasteiger partial charge >= 0.3 is 0 Å². The summed E-state index contributed by atoms with van der Waals surface area (Å²) in [6.07, 6.45) is 2.55. The third kappa shape index (κ3) is 1.97. The van der Waals surface area contributed by atoms with Gasteiger partial charge in [-0.1, -0.05) is 18.2 Å². The number of nitrogens with zero attached hydrogens (tertiary/aromatic N) is 3. The van der Waals surface area contributed by atoms with E-state index in [4.69, 9.17) is 0 Å². The summed E-state index contributed by atoms with van der Waals surface area (Å²) in [6.45, 7) is 0. The summed E-state index contributed by atoms with van der Waals surface area (Å²) in [5, 5.41) is 13.6. The van der Waals surface area contributed by atoms with Crippen molar-refractivity contribution >= 4 is 5.65 Å². The minimum absolute atomic E-state index is 0.275. The first kappa shape index (κ1) is 9.84. The monoisotopic (exact) mass is 225 g/mol. The summed E-state index contributed by atoms with van der Waals surface area (Å²) in [7, 11) is 0. The zero-order chi connectivity index (χ0) is 11.7. The highest BCUT2D eigenvalue weighted by atomic mass is 16.3. The summed E-state index contributed by atoms with van der Waals surface area (Å²) in [5.41, 5.74) is 1.93. The van der Waals surface area contributed by atoms with E-state index in [0.717, 1.165) is 17.0 Å². The lowest BCUT2D eigenvalue weighted by atomic mass is 10.1. The third-order valence-electron chi connectivity index (χ3n) is 2.58. The first-order chi connectivity index (χ1) is 8.31. The molecule has 0 atom stereocenters. The maximum atomic E-state index is 9.20. The number of hydrogen-bond acceptors (Lipinski definition) is 3. The summed E-state index contributed by atoms with van der Waals surface area (Å²) in [4.78, 5) is 4.42. The second-order valence-corrected chi connectivity index (χ2v) is 3.87. The van der Waals surface area contributed by atoms with Crippen LogP contribution in [0.25, 0.3) is 5.65 Å². The standard InChI is InChI=1S/C13H11N3O/c17-11-6-4-10(5-7-11)9-12-14-13-3-1-2-8-16(13)15-12/h1-8,17H,9H2. The average Bonchev–Trinajstić information content (AvgIpc) is 2.74. The second-order valence-electron chi connectivity index (χ2n) is 3.87. The van der Waals surface area contributed by atoms with Crippen molar-refractivity contribution in [3.8, 4) is 5.75 Å². The highest BCUT2D eigenvalue weighted by Gasteiger charge is 2.03. The minimum Gasteiger partial charge on any atom is -0.508 e. The predicted octanol–water partition coefficient (Wildman–Crippen LogP) is 2.03. The molecule has 0 aliphatic heterocycles. The van der Waals surface area contributed by atoms with E-state index in [0.29, 0.717) is 6.42 Å². The number of phenols is 1. The molecule has 3 aromatic rings. The van der Waals surface area contributed by atoms with E-state index in [2.05, 4.69) is 10.1 Å². The van der Waals surface area contributed by atoms with Crippen LogP contribution < -0.4 is 0 Å². The highest BCUT2D eigenvalue weighted by molar-refractivity contribution is 5.37. The fourth-order valence-corrected chi connectivity index (χ4v) is 1.75. The lowest BCUT2D eigenvalue weighted by molar-refractivity contribution is 0.475. The fraction of sp³-hybridized carbons (Fsp3) is 0.0769. The Bertz CT molecular complexity index is 610. The maximum absolute atomic E-state index is 9.20. The summed E-state index contributed by atoms with van der Waals surface area (Å²) >= 11 is 0. The van der Waals surface area contributed by atoms with Crippen molar-refractivity contribution in [2.45, 2.75) is 6.42 Å². The molecule has 4 heteroatoms. The van der Waals surface area contributed by atoms with E-state index in [9.17, 15) is 5.11 Å². The van der Waals surface area contributed by atoms with Crippen LogP contribution in [-0.4, -0.2) is 19.7 Å². The van der Waals surface area contributed by atoms with Gasteiger partial charge in [0, 0.05) is 12.6 Å². The molecule has 0 spiro atoms. The Morgan fingerprint density at radius 3 is 2.65 bits per heavy atom. The largest absolute Gasteiger partial charge is 0.508 e. The molecule has 1 N–H and O–H groups in total. The van der Waals surface area contributed by atoms with E-state index in [1.807, 2.05) is 36.5 Å². The van der Waals surface area contributed by atoms with Crippen LogP contribution in [0.4, 0.5) is 0 Å². The van der Waals surface area contributed by atoms with Gasteiger partial charge in [0.2, 0.25) is 0 Å². The van der Waals surface area contributed by atoms with E-state index >= 15 is 0 Å². The van der Waals surface area contributed by atoms with Gasteiger partial charge in [0.15, 0.2) is 11.5 Å². The molecular weight excluding hydrogens is 214 g/mol. The van der Waals surface area contributed by atoms with Crippen molar-refractivity contribution in [2.24, 2.45) is 0 Å². The first-order valence-corrected chi connectivity index (χ1v) is 5.39. The van der Waals surface area contributed by atoms with Crippen LogP contribution in [0.3, 0.4) is 0 Å². The van der Waals surface area contributed by atoms with Gasteiger partial charge in [-0.25, -0.2) is 9.50 Å². The molecule has 0 saturated carbocycles. The molecule has 1 aromatic carbocycles. The highest BCUT2D eigenvalue weighted by Crippen LogP contribution is 2.12. The van der Waals surface area contributed by atoms with Crippen LogP contribution in [0.1, 0.15) is 11.4 Å². The molecular formula is C13H11N3O. The molecule has 4 nitrogen and oxygen atoms in total. The lowest BCUT2D eigenvalue weighted by Gasteiger charge is -1.96. The summed E-state index contributed by atoms with van der Waals surface area (Å²) in [6, 6.07) is 12.9. The molecule has 0 bridgehead atoms. The quantitative estimate of drug-likeness (QED) is 0.726. The van der Waals surface area contributed by atoms with Gasteiger partial charge in [0.1, 0.15) is 5.75 Å². The molecule has 3 rings (SSSR count). The third-order valence-corrected chi connectivity index (χ3v) is 2.58. The predicted molar refractivity (Wildman–Crippen MR) is 63.9 cm³/mol. The summed E-state index contributed by atoms with van der Waals surface area (Å²) in [5.74, 6) is 1.05. The van der Waals surface area contributed by atoms with Crippen molar-refractivity contribution in [1.29, 1.82) is 0 Å². The smallest absolute Gasteiger partial charge is 0.156 e. The molecule has 2 aromatic heterocycles. The Morgan fingerprint density at radius 1 is 1.06 bits per heavy atom. The Morgan fingerprint density at radius 2 is 1.88 bits per heavy atom. The van der Waals surface area contributed by atoms with Crippen molar-refractivity contribution in [2.75, 3.05) is 0 Å².